The van der Waals surface area contributed by atoms with E-state index < -0.39 is 10.0 Å². The van der Waals surface area contributed by atoms with Crippen LogP contribution < -0.4 is 4.72 Å². The predicted molar refractivity (Wildman–Crippen MR) is 105 cm³/mol. The minimum atomic E-state index is -3.69. The summed E-state index contributed by atoms with van der Waals surface area (Å²) < 4.78 is 42.2. The van der Waals surface area contributed by atoms with E-state index in [0.29, 0.717) is 5.69 Å². The fraction of sp³-hybridized carbons (Fsp3) is 0.0526. The molecule has 0 atom stereocenters. The Labute approximate surface area is 165 Å². The summed E-state index contributed by atoms with van der Waals surface area (Å²) in [6.45, 7) is 0.0339. The van der Waals surface area contributed by atoms with Crippen LogP contribution in [0.25, 0.3) is 16.8 Å². The second-order valence-electron chi connectivity index (χ2n) is 5.99. The van der Waals surface area contributed by atoms with E-state index in [2.05, 4.69) is 15.0 Å². The molecule has 2 heterocycles. The molecule has 4 rings (SSSR count). The number of sulfonamides is 1. The van der Waals surface area contributed by atoms with Crippen molar-refractivity contribution in [1.29, 1.82) is 0 Å². The van der Waals surface area contributed by atoms with Gasteiger partial charge in [0.25, 0.3) is 0 Å². The molecule has 0 aliphatic carbocycles. The SMILES string of the molecule is O=S(=O)(NCc1cn(-c2ccsc2)nn1)c1ccc(-c2ccc(F)cc2)cc1. The Morgan fingerprint density at radius 1 is 1.00 bits per heavy atom. The van der Waals surface area contributed by atoms with Crippen LogP contribution in [0.15, 0.2) is 76.4 Å². The van der Waals surface area contributed by atoms with Gasteiger partial charge in [0.15, 0.2) is 0 Å². The van der Waals surface area contributed by atoms with E-state index in [-0.39, 0.29) is 17.3 Å². The van der Waals surface area contributed by atoms with Crippen LogP contribution >= 0.6 is 11.3 Å². The molecule has 0 amide bonds. The minimum absolute atomic E-state index is 0.0339. The van der Waals surface area contributed by atoms with Gasteiger partial charge in [-0.05, 0) is 46.8 Å². The highest BCUT2D eigenvalue weighted by Gasteiger charge is 2.15. The quantitative estimate of drug-likeness (QED) is 0.523. The van der Waals surface area contributed by atoms with E-state index in [4.69, 9.17) is 0 Å². The summed E-state index contributed by atoms with van der Waals surface area (Å²) >= 11 is 1.54. The van der Waals surface area contributed by atoms with Crippen LogP contribution in [0, 0.1) is 5.82 Å². The monoisotopic (exact) mass is 414 g/mol. The lowest BCUT2D eigenvalue weighted by atomic mass is 10.1. The fourth-order valence-electron chi connectivity index (χ4n) is 2.61. The molecule has 4 aromatic rings. The fourth-order valence-corrected chi connectivity index (χ4v) is 4.24. The summed E-state index contributed by atoms with van der Waals surface area (Å²) in [5, 5.41) is 11.8. The molecule has 0 saturated carbocycles. The normalized spacial score (nSPS) is 11.6. The first-order chi connectivity index (χ1) is 13.5. The molecule has 0 saturated heterocycles. The number of hydrogen-bond donors (Lipinski definition) is 1. The molecule has 1 N–H and O–H groups in total. The molecule has 28 heavy (non-hydrogen) atoms. The molecule has 9 heteroatoms. The van der Waals surface area contributed by atoms with E-state index in [1.165, 1.54) is 24.3 Å². The molecule has 2 aromatic heterocycles. The van der Waals surface area contributed by atoms with Gasteiger partial charge in [0.1, 0.15) is 5.82 Å². The molecule has 6 nitrogen and oxygen atoms in total. The average Bonchev–Trinajstić information content (AvgIpc) is 3.39. The van der Waals surface area contributed by atoms with Crippen LogP contribution in [0.3, 0.4) is 0 Å². The molecular formula is C19H15FN4O2S2. The maximum Gasteiger partial charge on any atom is 0.240 e. The van der Waals surface area contributed by atoms with Gasteiger partial charge in [-0.3, -0.25) is 0 Å². The number of halogens is 1. The van der Waals surface area contributed by atoms with Crippen LogP contribution in [0.2, 0.25) is 0 Å². The van der Waals surface area contributed by atoms with Crippen LogP contribution in [-0.2, 0) is 16.6 Å². The predicted octanol–water partition coefficient (Wildman–Crippen LogP) is 3.61. The first-order valence-electron chi connectivity index (χ1n) is 8.31. The third-order valence-corrected chi connectivity index (χ3v) is 6.18. The molecule has 2 aromatic carbocycles. The third-order valence-electron chi connectivity index (χ3n) is 4.10. The van der Waals surface area contributed by atoms with Crippen LogP contribution in [0.5, 0.6) is 0 Å². The number of benzene rings is 2. The molecule has 0 unspecified atom stereocenters. The molecule has 0 fully saturated rings. The van der Waals surface area contributed by atoms with Crippen molar-refractivity contribution in [3.63, 3.8) is 0 Å². The van der Waals surface area contributed by atoms with Crippen molar-refractivity contribution in [2.45, 2.75) is 11.4 Å². The number of hydrogen-bond acceptors (Lipinski definition) is 5. The van der Waals surface area contributed by atoms with Crippen LogP contribution in [0.4, 0.5) is 4.39 Å². The second-order valence-corrected chi connectivity index (χ2v) is 8.54. The van der Waals surface area contributed by atoms with E-state index in [9.17, 15) is 12.8 Å². The van der Waals surface area contributed by atoms with E-state index in [1.807, 2.05) is 16.8 Å². The number of nitrogens with zero attached hydrogens (tertiary/aromatic N) is 3. The van der Waals surface area contributed by atoms with Crippen molar-refractivity contribution < 1.29 is 12.8 Å². The highest BCUT2D eigenvalue weighted by atomic mass is 32.2. The van der Waals surface area contributed by atoms with Gasteiger partial charge in [0, 0.05) is 5.38 Å². The first kappa shape index (κ1) is 18.5. The van der Waals surface area contributed by atoms with Gasteiger partial charge in [-0.15, -0.1) is 5.10 Å². The molecule has 142 valence electrons. The molecule has 0 aliphatic heterocycles. The first-order valence-corrected chi connectivity index (χ1v) is 10.7. The zero-order chi connectivity index (χ0) is 19.6. The average molecular weight is 414 g/mol. The topological polar surface area (TPSA) is 76.9 Å². The number of thiophene rings is 1. The van der Waals surface area contributed by atoms with E-state index in [1.54, 1.807) is 46.5 Å². The van der Waals surface area contributed by atoms with Gasteiger partial charge < -0.3 is 0 Å². The Balaban J connectivity index is 1.45. The molecule has 0 radical (unpaired) electrons. The summed E-state index contributed by atoms with van der Waals surface area (Å²) in [7, 11) is -3.69. The number of aromatic nitrogens is 3. The van der Waals surface area contributed by atoms with Gasteiger partial charge in [0.05, 0.1) is 29.0 Å². The summed E-state index contributed by atoms with van der Waals surface area (Å²) in [6, 6.07) is 14.3. The van der Waals surface area contributed by atoms with Gasteiger partial charge >= 0.3 is 0 Å². The lowest BCUT2D eigenvalue weighted by Gasteiger charge is -2.07. The summed E-state index contributed by atoms with van der Waals surface area (Å²) in [6.07, 6.45) is 1.68. The maximum absolute atomic E-state index is 13.0. The second kappa shape index (κ2) is 7.63. The van der Waals surface area contributed by atoms with E-state index in [0.717, 1.165) is 16.8 Å². The Morgan fingerprint density at radius 3 is 2.32 bits per heavy atom. The lowest BCUT2D eigenvalue weighted by molar-refractivity contribution is 0.580. The zero-order valence-electron chi connectivity index (χ0n) is 14.5. The zero-order valence-corrected chi connectivity index (χ0v) is 16.1. The summed E-state index contributed by atoms with van der Waals surface area (Å²) in [5.74, 6) is -0.317. The van der Waals surface area contributed by atoms with Crippen molar-refractivity contribution in [1.82, 2.24) is 19.7 Å². The van der Waals surface area contributed by atoms with Crippen molar-refractivity contribution in [2.75, 3.05) is 0 Å². The standard InChI is InChI=1S/C19H15FN4O2S2/c20-16-5-1-14(2-6-16)15-3-7-19(8-4-15)28(25,26)21-11-17-12-24(23-22-17)18-9-10-27-13-18/h1-10,12-13,21H,11H2. The molecular weight excluding hydrogens is 399 g/mol. The van der Waals surface area contributed by atoms with Crippen LogP contribution in [-0.4, -0.2) is 23.4 Å². The smallest absolute Gasteiger partial charge is 0.220 e. The highest BCUT2D eigenvalue weighted by molar-refractivity contribution is 7.89. The summed E-state index contributed by atoms with van der Waals surface area (Å²) in [4.78, 5) is 0.142. The number of nitrogens with one attached hydrogen (secondary N) is 1. The Kier molecular flexibility index (Phi) is 5.03. The van der Waals surface area contributed by atoms with E-state index >= 15 is 0 Å². The third kappa shape index (κ3) is 4.01. The minimum Gasteiger partial charge on any atom is -0.220 e. The Morgan fingerprint density at radius 2 is 1.68 bits per heavy atom. The van der Waals surface area contributed by atoms with Crippen molar-refractivity contribution in [3.8, 4) is 16.8 Å². The number of rotatable bonds is 6. The van der Waals surface area contributed by atoms with Gasteiger partial charge in [0.2, 0.25) is 10.0 Å². The molecule has 0 bridgehead atoms. The Bertz CT molecular complexity index is 1170. The van der Waals surface area contributed by atoms with Gasteiger partial charge in [-0.1, -0.05) is 29.5 Å². The van der Waals surface area contributed by atoms with Gasteiger partial charge in [-0.25, -0.2) is 22.2 Å². The van der Waals surface area contributed by atoms with Gasteiger partial charge in [-0.2, -0.15) is 11.3 Å². The van der Waals surface area contributed by atoms with Crippen molar-refractivity contribution in [3.05, 3.63) is 83.1 Å². The van der Waals surface area contributed by atoms with Crippen molar-refractivity contribution >= 4 is 21.4 Å². The summed E-state index contributed by atoms with van der Waals surface area (Å²) in [5.41, 5.74) is 3.00. The molecule has 0 spiro atoms. The van der Waals surface area contributed by atoms with Crippen LogP contribution in [0.1, 0.15) is 5.69 Å². The largest absolute Gasteiger partial charge is 0.240 e. The highest BCUT2D eigenvalue weighted by Crippen LogP contribution is 2.21. The lowest BCUT2D eigenvalue weighted by Crippen LogP contribution is -2.23. The maximum atomic E-state index is 13.0. The van der Waals surface area contributed by atoms with Crippen molar-refractivity contribution in [2.24, 2.45) is 0 Å². The molecule has 0 aliphatic rings. The Hall–Kier alpha value is -2.88.